The van der Waals surface area contributed by atoms with Crippen molar-refractivity contribution in [2.45, 2.75) is 81.4 Å². The Hall–Kier alpha value is -4.91. The number of fused-ring (bicyclic) bond motifs is 2. The van der Waals surface area contributed by atoms with Gasteiger partial charge in [-0.25, -0.2) is 59.1 Å². The van der Waals surface area contributed by atoms with E-state index in [1.54, 1.807) is 48.7 Å². The third kappa shape index (κ3) is 10.6. The molecule has 0 radical (unpaired) electrons. The number of ether oxygens (including phenoxy) is 2. The molecule has 4 saturated heterocycles. The molecule has 4 aliphatic rings. The molecule has 1 aromatic carbocycles. The molecule has 372 valence electrons. The molecule has 23 heteroatoms. The Morgan fingerprint density at radius 1 is 0.690 bits per heavy atom. The van der Waals surface area contributed by atoms with Crippen molar-refractivity contribution < 1.29 is 69.8 Å². The van der Waals surface area contributed by atoms with Crippen LogP contribution in [0.3, 0.4) is 0 Å². The number of aryl methyl sites for hydroxylation is 1. The van der Waals surface area contributed by atoms with E-state index in [-0.39, 0.29) is 76.6 Å². The third-order valence-corrected chi connectivity index (χ3v) is 19.3. The van der Waals surface area contributed by atoms with Crippen LogP contribution in [0.4, 0.5) is 11.6 Å². The summed E-state index contributed by atoms with van der Waals surface area (Å²) in [6.45, 7) is 9.67. The number of rotatable bonds is 8. The number of morpholine rings is 2. The first-order chi connectivity index (χ1) is 32.7. The van der Waals surface area contributed by atoms with E-state index in [0.717, 1.165) is 32.0 Å². The van der Waals surface area contributed by atoms with Gasteiger partial charge < -0.3 is 29.7 Å². The van der Waals surface area contributed by atoms with Crippen LogP contribution in [0.5, 0.6) is 0 Å². The molecular formula is C48H57N10NaO9S3. The summed E-state index contributed by atoms with van der Waals surface area (Å²) in [4.78, 5) is 35.5. The van der Waals surface area contributed by atoms with Crippen LogP contribution in [0.15, 0.2) is 90.3 Å². The van der Waals surface area contributed by atoms with Gasteiger partial charge in [-0.1, -0.05) is 25.1 Å². The number of aromatic nitrogens is 8. The molecule has 2 N–H and O–H groups in total. The van der Waals surface area contributed by atoms with Crippen LogP contribution in [-0.2, 0) is 39.2 Å². The number of pyridine rings is 2. The Kier molecular flexibility index (Phi) is 16.4. The Labute approximate surface area is 436 Å². The van der Waals surface area contributed by atoms with Crippen LogP contribution in [0.2, 0.25) is 0 Å². The number of sulfone groups is 2. The van der Waals surface area contributed by atoms with Gasteiger partial charge in [-0.2, -0.15) is 0 Å². The molecule has 7 aromatic rings. The molecule has 19 nitrogen and oxygen atoms in total. The normalized spacial score (nSPS) is 21.7. The van der Waals surface area contributed by atoms with Crippen molar-refractivity contribution in [2.75, 3.05) is 60.8 Å². The second kappa shape index (κ2) is 21.7. The monoisotopic (exact) mass is 1040 g/mol. The molecule has 4 aliphatic heterocycles. The first-order valence-corrected chi connectivity index (χ1v) is 27.7. The number of anilines is 2. The van der Waals surface area contributed by atoms with Crippen LogP contribution in [-0.4, -0.2) is 133 Å². The topological polar surface area (TPSA) is 255 Å². The molecule has 71 heavy (non-hydrogen) atoms. The quantitative estimate of drug-likeness (QED) is 0.214. The Morgan fingerprint density at radius 2 is 1.21 bits per heavy atom. The van der Waals surface area contributed by atoms with Crippen molar-refractivity contribution in [1.82, 2.24) is 38.9 Å². The van der Waals surface area contributed by atoms with E-state index in [0.29, 0.717) is 105 Å². The van der Waals surface area contributed by atoms with Gasteiger partial charge in [0.05, 0.1) is 66.3 Å². The summed E-state index contributed by atoms with van der Waals surface area (Å²) in [5.41, 5.74) is 4.43. The molecule has 2 unspecified atom stereocenters. The van der Waals surface area contributed by atoms with Crippen LogP contribution in [0, 0.1) is 6.92 Å². The summed E-state index contributed by atoms with van der Waals surface area (Å²) in [5.74, 6) is 2.61. The summed E-state index contributed by atoms with van der Waals surface area (Å²) < 4.78 is 90.3. The molecule has 0 spiro atoms. The summed E-state index contributed by atoms with van der Waals surface area (Å²) >= 11 is 0. The van der Waals surface area contributed by atoms with Crippen molar-refractivity contribution in [3.8, 4) is 22.8 Å². The number of nitrogens with one attached hydrogen (secondary N) is 1. The van der Waals surface area contributed by atoms with Gasteiger partial charge >= 0.3 is 29.6 Å². The van der Waals surface area contributed by atoms with Gasteiger partial charge in [-0.3, -0.25) is 0 Å². The van der Waals surface area contributed by atoms with Gasteiger partial charge in [0.15, 0.2) is 37.0 Å². The average Bonchev–Trinajstić information content (AvgIpc) is 4.15. The molecular weight excluding hydrogens is 980 g/mol. The summed E-state index contributed by atoms with van der Waals surface area (Å²) in [5, 5.41) is 0.210. The summed E-state index contributed by atoms with van der Waals surface area (Å²) in [7, 11) is -10.4. The Balaban J connectivity index is 0.000000208. The van der Waals surface area contributed by atoms with E-state index >= 15 is 0 Å². The minimum atomic E-state index is -3.90. The first kappa shape index (κ1) is 53.9. The van der Waals surface area contributed by atoms with Gasteiger partial charge in [-0.05, 0) is 82.9 Å². The Morgan fingerprint density at radius 3 is 1.72 bits per heavy atom. The van der Waals surface area contributed by atoms with Crippen LogP contribution >= 0.6 is 0 Å². The maximum absolute atomic E-state index is 13.5. The minimum Gasteiger partial charge on any atom is -0.870 e. The standard InChI is InChI=1S/C27H29N5O5S2.C20H23N5O3S.CH4.Na.H2O/c1-18-5-7-20(8-6-18)39(35,36)32-12-10-22-21(9-11-28-27(22)32)26-29-23(24-4-3-15-38(24,33)34)16-25(30-26)31-13-14-37-17-19(31)2;1-13-12-28-9-8-25(13)18-11-16(17-3-2-10-29(17,26)27)23-20(24-18)15-5-7-22-19-14(15)4-6-21-19;;;/h5-12,16,19,24H,3-4,13-15,17H2,1-2H3;4-7,11,13,17H,2-3,8-10,12H2,1H3,(H,21,22);1H4;;1H2/q;;;+1;/p-1/t19-,24?;13-,17?;;;/m11.../s1. The summed E-state index contributed by atoms with van der Waals surface area (Å²) in [6, 6.07) is 17.7. The summed E-state index contributed by atoms with van der Waals surface area (Å²) in [6.07, 6.45) is 8.93. The van der Waals surface area contributed by atoms with Gasteiger partial charge in [0.2, 0.25) is 0 Å². The zero-order valence-corrected chi connectivity index (χ0v) is 43.8. The van der Waals surface area contributed by atoms with Crippen LogP contribution in [0.25, 0.3) is 44.8 Å². The molecule has 6 aromatic heterocycles. The number of H-pyrrole nitrogens is 1. The fraction of sp³-hybridized carbons (Fsp3) is 0.417. The number of aromatic amines is 1. The third-order valence-electron chi connectivity index (χ3n) is 13.2. The maximum atomic E-state index is 13.5. The van der Waals surface area contributed by atoms with Crippen LogP contribution in [0.1, 0.15) is 74.4 Å². The van der Waals surface area contributed by atoms with Crippen molar-refractivity contribution in [1.29, 1.82) is 0 Å². The molecule has 0 aliphatic carbocycles. The average molecular weight is 1040 g/mol. The first-order valence-electron chi connectivity index (χ1n) is 22.8. The van der Waals surface area contributed by atoms with Crippen molar-refractivity contribution in [3.05, 3.63) is 102 Å². The Bertz CT molecular complexity index is 3380. The van der Waals surface area contributed by atoms with E-state index < -0.39 is 40.2 Å². The minimum absolute atomic E-state index is 0. The van der Waals surface area contributed by atoms with Crippen molar-refractivity contribution in [2.24, 2.45) is 0 Å². The second-order valence-corrected chi connectivity index (χ2v) is 24.2. The number of hydrogen-bond donors (Lipinski definition) is 1. The number of nitrogens with zero attached hydrogens (tertiary/aromatic N) is 9. The van der Waals surface area contributed by atoms with E-state index in [4.69, 9.17) is 29.4 Å². The number of hydrogen-bond acceptors (Lipinski definition) is 17. The fourth-order valence-corrected chi connectivity index (χ4v) is 14.6. The van der Waals surface area contributed by atoms with Gasteiger partial charge in [0, 0.05) is 71.9 Å². The molecule has 4 atom stereocenters. The van der Waals surface area contributed by atoms with E-state index in [1.165, 1.54) is 12.4 Å². The maximum Gasteiger partial charge on any atom is 1.00 e. The fourth-order valence-electron chi connectivity index (χ4n) is 9.54. The molecule has 4 fully saturated rings. The van der Waals surface area contributed by atoms with E-state index in [1.807, 2.05) is 38.2 Å². The zero-order chi connectivity index (χ0) is 47.4. The van der Waals surface area contributed by atoms with Crippen molar-refractivity contribution in [3.63, 3.8) is 0 Å². The molecule has 10 heterocycles. The van der Waals surface area contributed by atoms with Gasteiger partial charge in [0.25, 0.3) is 10.0 Å². The second-order valence-electron chi connectivity index (χ2n) is 17.8. The van der Waals surface area contributed by atoms with E-state index in [9.17, 15) is 25.3 Å². The predicted octanol–water partition coefficient (Wildman–Crippen LogP) is 3.47. The molecule has 0 amide bonds. The molecule has 11 rings (SSSR count). The number of benzene rings is 1. The van der Waals surface area contributed by atoms with Crippen LogP contribution < -0.4 is 39.4 Å². The zero-order valence-electron chi connectivity index (χ0n) is 39.3. The predicted molar refractivity (Wildman–Crippen MR) is 267 cm³/mol. The molecule has 0 saturated carbocycles. The SMILES string of the molecule is C.C[C@@H]1COCCN1c1cc(C2CCCS2(=O)=O)nc(-c2ccnc3[nH]ccc23)n1.Cc1ccc(S(=O)(=O)n2ccc3c(-c4nc(C5CCCS5(=O)=O)cc(N5CCOC[C@H]5C)n4)ccnc32)cc1.[Na+].[OH-]. The van der Waals surface area contributed by atoms with Crippen molar-refractivity contribution >= 4 is 63.4 Å². The largest absolute Gasteiger partial charge is 1.00 e. The van der Waals surface area contributed by atoms with Gasteiger partial charge in [-0.15, -0.1) is 0 Å². The smallest absolute Gasteiger partial charge is 0.870 e. The van der Waals surface area contributed by atoms with Gasteiger partial charge in [0.1, 0.15) is 27.8 Å². The van der Waals surface area contributed by atoms with E-state index in [2.05, 4.69) is 31.7 Å². The molecule has 0 bridgehead atoms.